The molecule has 1 fully saturated rings. The Morgan fingerprint density at radius 2 is 2.14 bits per heavy atom. The van der Waals surface area contributed by atoms with Gasteiger partial charge in [-0.25, -0.2) is 9.78 Å². The molecule has 148 valence electrons. The van der Waals surface area contributed by atoms with Crippen molar-refractivity contribution in [3.05, 3.63) is 48.0 Å². The van der Waals surface area contributed by atoms with Crippen LogP contribution in [0.3, 0.4) is 0 Å². The maximum atomic E-state index is 12.7. The summed E-state index contributed by atoms with van der Waals surface area (Å²) in [6.07, 6.45) is 5.86. The number of amides is 2. The summed E-state index contributed by atoms with van der Waals surface area (Å²) in [6, 6.07) is 8.50. The van der Waals surface area contributed by atoms with Crippen molar-refractivity contribution in [2.45, 2.75) is 45.2 Å². The summed E-state index contributed by atoms with van der Waals surface area (Å²) in [6.45, 7) is 6.17. The number of para-hydroxylation sites is 2. The molecule has 1 saturated heterocycles. The number of benzene rings is 1. The third-order valence-corrected chi connectivity index (χ3v) is 5.52. The van der Waals surface area contributed by atoms with Crippen LogP contribution in [-0.4, -0.2) is 43.4 Å². The van der Waals surface area contributed by atoms with Gasteiger partial charge >= 0.3 is 6.03 Å². The lowest BCUT2D eigenvalue weighted by molar-refractivity contribution is 0.177. The molecule has 2 amide bonds. The number of carbonyl (C=O) groups excluding carboxylic acids is 1. The zero-order valence-corrected chi connectivity index (χ0v) is 16.8. The smallest absolute Gasteiger partial charge is 0.317 e. The molecular formula is C21H28N6O. The fraction of sp³-hybridized carbons (Fsp3) is 0.476. The van der Waals surface area contributed by atoms with Crippen molar-refractivity contribution in [1.82, 2.24) is 29.5 Å². The molecule has 1 aliphatic heterocycles. The Balaban J connectivity index is 1.41. The Morgan fingerprint density at radius 1 is 1.32 bits per heavy atom. The van der Waals surface area contributed by atoms with Crippen LogP contribution in [0.4, 0.5) is 4.79 Å². The van der Waals surface area contributed by atoms with E-state index in [0.717, 1.165) is 41.8 Å². The van der Waals surface area contributed by atoms with E-state index in [9.17, 15) is 4.79 Å². The van der Waals surface area contributed by atoms with Crippen LogP contribution in [0, 0.1) is 0 Å². The average molecular weight is 380 g/mol. The lowest BCUT2D eigenvalue weighted by Gasteiger charge is -2.32. The van der Waals surface area contributed by atoms with Gasteiger partial charge < -0.3 is 14.8 Å². The number of nitrogens with zero attached hydrogens (tertiary/aromatic N) is 5. The highest BCUT2D eigenvalue weighted by Crippen LogP contribution is 2.28. The first-order valence-corrected chi connectivity index (χ1v) is 10.00. The van der Waals surface area contributed by atoms with Crippen molar-refractivity contribution in [3.8, 4) is 0 Å². The minimum Gasteiger partial charge on any atom is -0.334 e. The molecule has 1 aromatic carbocycles. The summed E-state index contributed by atoms with van der Waals surface area (Å²) in [5, 5.41) is 7.37. The summed E-state index contributed by atoms with van der Waals surface area (Å²) in [5.74, 6) is 1.33. The highest BCUT2D eigenvalue weighted by molar-refractivity contribution is 5.76. The second-order valence-corrected chi connectivity index (χ2v) is 7.88. The van der Waals surface area contributed by atoms with Crippen LogP contribution in [-0.2, 0) is 13.6 Å². The molecule has 0 aliphatic carbocycles. The van der Waals surface area contributed by atoms with E-state index in [4.69, 9.17) is 4.98 Å². The maximum Gasteiger partial charge on any atom is 0.317 e. The van der Waals surface area contributed by atoms with Crippen molar-refractivity contribution in [2.24, 2.45) is 7.05 Å². The van der Waals surface area contributed by atoms with Crippen molar-refractivity contribution >= 4 is 17.1 Å². The van der Waals surface area contributed by atoms with Crippen LogP contribution in [0.1, 0.15) is 50.0 Å². The van der Waals surface area contributed by atoms with Crippen molar-refractivity contribution in [2.75, 3.05) is 13.1 Å². The van der Waals surface area contributed by atoms with Crippen LogP contribution in [0.2, 0.25) is 0 Å². The number of carbonyl (C=O) groups is 1. The second kappa shape index (κ2) is 7.66. The van der Waals surface area contributed by atoms with Gasteiger partial charge in [-0.3, -0.25) is 4.68 Å². The number of rotatable bonds is 4. The quantitative estimate of drug-likeness (QED) is 0.754. The fourth-order valence-electron chi connectivity index (χ4n) is 3.94. The Morgan fingerprint density at radius 3 is 2.89 bits per heavy atom. The third kappa shape index (κ3) is 3.61. The number of hydrogen-bond acceptors (Lipinski definition) is 3. The number of imidazole rings is 1. The maximum absolute atomic E-state index is 12.7. The number of hydrogen-bond donors (Lipinski definition) is 1. The molecule has 7 heteroatoms. The van der Waals surface area contributed by atoms with Gasteiger partial charge in [-0.1, -0.05) is 12.1 Å². The first kappa shape index (κ1) is 18.5. The number of nitrogens with one attached hydrogen (secondary N) is 1. The lowest BCUT2D eigenvalue weighted by Crippen LogP contribution is -2.45. The van der Waals surface area contributed by atoms with E-state index in [0.29, 0.717) is 19.1 Å². The molecule has 3 aromatic rings. The molecule has 3 heterocycles. The third-order valence-electron chi connectivity index (χ3n) is 5.52. The lowest BCUT2D eigenvalue weighted by atomic mass is 9.97. The Kier molecular flexibility index (Phi) is 5.07. The highest BCUT2D eigenvalue weighted by atomic mass is 16.2. The molecule has 0 spiro atoms. The first-order chi connectivity index (χ1) is 13.5. The number of aromatic nitrogens is 4. The van der Waals surface area contributed by atoms with E-state index in [1.54, 1.807) is 0 Å². The number of urea groups is 1. The molecule has 4 rings (SSSR count). The van der Waals surface area contributed by atoms with E-state index in [-0.39, 0.29) is 11.9 Å². The summed E-state index contributed by atoms with van der Waals surface area (Å²) in [7, 11) is 2.07. The summed E-state index contributed by atoms with van der Waals surface area (Å²) in [5.41, 5.74) is 3.18. The molecule has 28 heavy (non-hydrogen) atoms. The average Bonchev–Trinajstić information content (AvgIpc) is 3.32. The predicted octanol–water partition coefficient (Wildman–Crippen LogP) is 3.44. The van der Waals surface area contributed by atoms with E-state index < -0.39 is 0 Å². The molecule has 1 aliphatic rings. The van der Waals surface area contributed by atoms with Gasteiger partial charge in [0.1, 0.15) is 5.82 Å². The van der Waals surface area contributed by atoms with E-state index >= 15 is 0 Å². The minimum absolute atomic E-state index is 0.0132. The molecule has 0 saturated carbocycles. The van der Waals surface area contributed by atoms with Gasteiger partial charge in [0.25, 0.3) is 0 Å². The standard InChI is InChI=1S/C21H28N6O/c1-15(2)27-13-16(12-23-27)11-22-21(28)26-10-6-7-17(14-26)20-24-18-8-4-5-9-19(18)25(20)3/h4-5,8-9,12-13,15,17H,6-7,10-11,14H2,1-3H3,(H,22,28)/t17-/m1/s1. The zero-order chi connectivity index (χ0) is 19.7. The van der Waals surface area contributed by atoms with Gasteiger partial charge in [0.2, 0.25) is 0 Å². The number of fused-ring (bicyclic) bond motifs is 1. The summed E-state index contributed by atoms with van der Waals surface area (Å²) >= 11 is 0. The summed E-state index contributed by atoms with van der Waals surface area (Å²) in [4.78, 5) is 19.5. The van der Waals surface area contributed by atoms with Crippen LogP contribution in [0.25, 0.3) is 11.0 Å². The van der Waals surface area contributed by atoms with E-state index in [1.165, 1.54) is 0 Å². The predicted molar refractivity (Wildman–Crippen MR) is 109 cm³/mol. The molecule has 0 bridgehead atoms. The number of aryl methyl sites for hydroxylation is 1. The fourth-order valence-corrected chi connectivity index (χ4v) is 3.94. The molecule has 1 N–H and O–H groups in total. The van der Waals surface area contributed by atoms with Gasteiger partial charge in [0, 0.05) is 50.4 Å². The van der Waals surface area contributed by atoms with Gasteiger partial charge in [0.05, 0.1) is 17.2 Å². The zero-order valence-electron chi connectivity index (χ0n) is 16.8. The second-order valence-electron chi connectivity index (χ2n) is 7.88. The normalized spacial score (nSPS) is 17.4. The SMILES string of the molecule is CC(C)n1cc(CNC(=O)N2CCC[C@@H](c3nc4ccccc4n3C)C2)cn1. The van der Waals surface area contributed by atoms with Crippen molar-refractivity contribution < 1.29 is 4.79 Å². The molecule has 7 nitrogen and oxygen atoms in total. The van der Waals surface area contributed by atoms with Crippen LogP contribution >= 0.6 is 0 Å². The Hall–Kier alpha value is -2.83. The van der Waals surface area contributed by atoms with Gasteiger partial charge in [-0.15, -0.1) is 0 Å². The monoisotopic (exact) mass is 380 g/mol. The molecular weight excluding hydrogens is 352 g/mol. The van der Waals surface area contributed by atoms with Gasteiger partial charge in [-0.2, -0.15) is 5.10 Å². The number of likely N-dealkylation sites (tertiary alicyclic amines) is 1. The van der Waals surface area contributed by atoms with Crippen LogP contribution in [0.5, 0.6) is 0 Å². The Labute approximate surface area is 165 Å². The van der Waals surface area contributed by atoms with Gasteiger partial charge in [0.15, 0.2) is 0 Å². The minimum atomic E-state index is -0.0132. The van der Waals surface area contributed by atoms with Crippen LogP contribution in [0.15, 0.2) is 36.7 Å². The first-order valence-electron chi connectivity index (χ1n) is 10.00. The summed E-state index contributed by atoms with van der Waals surface area (Å²) < 4.78 is 4.08. The van der Waals surface area contributed by atoms with Crippen molar-refractivity contribution in [3.63, 3.8) is 0 Å². The van der Waals surface area contributed by atoms with E-state index in [2.05, 4.69) is 41.9 Å². The molecule has 0 unspecified atom stereocenters. The van der Waals surface area contributed by atoms with Crippen LogP contribution < -0.4 is 5.32 Å². The molecule has 1 atom stereocenters. The highest BCUT2D eigenvalue weighted by Gasteiger charge is 2.27. The molecule has 0 radical (unpaired) electrons. The number of piperidine rings is 1. The van der Waals surface area contributed by atoms with Gasteiger partial charge in [-0.05, 0) is 38.8 Å². The largest absolute Gasteiger partial charge is 0.334 e. The molecule has 2 aromatic heterocycles. The topological polar surface area (TPSA) is 68.0 Å². The van der Waals surface area contributed by atoms with E-state index in [1.807, 2.05) is 40.2 Å². The Bertz CT molecular complexity index is 972. The van der Waals surface area contributed by atoms with Crippen molar-refractivity contribution in [1.29, 1.82) is 0 Å².